The van der Waals surface area contributed by atoms with Crippen molar-refractivity contribution in [1.29, 1.82) is 0 Å². The molecule has 4 heteroatoms. The van der Waals surface area contributed by atoms with E-state index < -0.39 is 10.1 Å². The Balaban J connectivity index is 2.42. The SMILES string of the molecule is CCCCCCCC(C)CC(C)c1ccc(S(=O)(=O)[O-])cc1. The summed E-state index contributed by atoms with van der Waals surface area (Å²) in [4.78, 5) is -0.146. The van der Waals surface area contributed by atoms with Crippen LogP contribution in [0.1, 0.15) is 77.2 Å². The fourth-order valence-electron chi connectivity index (χ4n) is 2.92. The Morgan fingerprint density at radius 2 is 1.59 bits per heavy atom. The minimum Gasteiger partial charge on any atom is -0.744 e. The second-order valence-corrected chi connectivity index (χ2v) is 7.85. The van der Waals surface area contributed by atoms with E-state index in [1.54, 1.807) is 12.1 Å². The zero-order valence-electron chi connectivity index (χ0n) is 14.0. The van der Waals surface area contributed by atoms with Crippen LogP contribution in [0.15, 0.2) is 29.2 Å². The third kappa shape index (κ3) is 6.93. The molecule has 0 saturated carbocycles. The van der Waals surface area contributed by atoms with Gasteiger partial charge in [0.2, 0.25) is 0 Å². The fourth-order valence-corrected chi connectivity index (χ4v) is 3.39. The minimum absolute atomic E-state index is 0.146. The number of unbranched alkanes of at least 4 members (excludes halogenated alkanes) is 4. The molecule has 126 valence electrons. The molecule has 0 aliphatic heterocycles. The molecule has 0 saturated heterocycles. The van der Waals surface area contributed by atoms with Gasteiger partial charge in [0.15, 0.2) is 0 Å². The predicted molar refractivity (Wildman–Crippen MR) is 90.0 cm³/mol. The Morgan fingerprint density at radius 3 is 2.14 bits per heavy atom. The van der Waals surface area contributed by atoms with Gasteiger partial charge in [0, 0.05) is 0 Å². The summed E-state index contributed by atoms with van der Waals surface area (Å²) in [5.74, 6) is 1.05. The van der Waals surface area contributed by atoms with Gasteiger partial charge in [-0.1, -0.05) is 71.4 Å². The van der Waals surface area contributed by atoms with Gasteiger partial charge in [-0.2, -0.15) is 0 Å². The zero-order valence-corrected chi connectivity index (χ0v) is 14.9. The molecule has 0 aliphatic carbocycles. The van der Waals surface area contributed by atoms with Crippen molar-refractivity contribution in [3.05, 3.63) is 29.8 Å². The maximum absolute atomic E-state index is 10.9. The molecule has 1 aromatic rings. The Kier molecular flexibility index (Phi) is 8.12. The molecule has 1 aromatic carbocycles. The highest BCUT2D eigenvalue weighted by Crippen LogP contribution is 2.27. The van der Waals surface area contributed by atoms with Gasteiger partial charge < -0.3 is 4.55 Å². The molecule has 0 aliphatic rings. The lowest BCUT2D eigenvalue weighted by atomic mass is 9.88. The van der Waals surface area contributed by atoms with Crippen LogP contribution >= 0.6 is 0 Å². The van der Waals surface area contributed by atoms with Crippen molar-refractivity contribution in [2.75, 3.05) is 0 Å². The molecule has 0 radical (unpaired) electrons. The number of hydrogen-bond donors (Lipinski definition) is 0. The highest BCUT2D eigenvalue weighted by molar-refractivity contribution is 7.85. The van der Waals surface area contributed by atoms with E-state index in [-0.39, 0.29) is 4.90 Å². The van der Waals surface area contributed by atoms with Crippen LogP contribution in [0.4, 0.5) is 0 Å². The van der Waals surface area contributed by atoms with Crippen LogP contribution in [0.2, 0.25) is 0 Å². The van der Waals surface area contributed by atoms with Gasteiger partial charge in [0.25, 0.3) is 0 Å². The molecule has 2 atom stereocenters. The summed E-state index contributed by atoms with van der Waals surface area (Å²) < 4.78 is 32.8. The number of rotatable bonds is 10. The predicted octanol–water partition coefficient (Wildman–Crippen LogP) is 5.08. The van der Waals surface area contributed by atoms with Gasteiger partial charge >= 0.3 is 0 Å². The summed E-state index contributed by atoms with van der Waals surface area (Å²) in [7, 11) is -4.34. The lowest BCUT2D eigenvalue weighted by molar-refractivity contribution is 0.428. The number of benzene rings is 1. The van der Waals surface area contributed by atoms with Crippen molar-refractivity contribution in [3.8, 4) is 0 Å². The first-order chi connectivity index (χ1) is 10.3. The molecule has 2 unspecified atom stereocenters. The van der Waals surface area contributed by atoms with E-state index >= 15 is 0 Å². The maximum Gasteiger partial charge on any atom is 0.124 e. The van der Waals surface area contributed by atoms with Crippen molar-refractivity contribution in [3.63, 3.8) is 0 Å². The third-order valence-corrected chi connectivity index (χ3v) is 5.14. The molecule has 0 spiro atoms. The van der Waals surface area contributed by atoms with Crippen LogP contribution in [0, 0.1) is 5.92 Å². The van der Waals surface area contributed by atoms with Crippen molar-refractivity contribution >= 4 is 10.1 Å². The molecule has 22 heavy (non-hydrogen) atoms. The smallest absolute Gasteiger partial charge is 0.124 e. The molecule has 0 bridgehead atoms. The summed E-state index contributed by atoms with van der Waals surface area (Å²) in [6, 6.07) is 6.37. The summed E-state index contributed by atoms with van der Waals surface area (Å²) in [6.45, 7) is 6.68. The first-order valence-electron chi connectivity index (χ1n) is 8.40. The average molecular weight is 325 g/mol. The van der Waals surface area contributed by atoms with Crippen LogP contribution in [0.5, 0.6) is 0 Å². The molecular weight excluding hydrogens is 296 g/mol. The molecule has 0 fully saturated rings. The molecule has 0 heterocycles. The zero-order chi connectivity index (χ0) is 16.6. The van der Waals surface area contributed by atoms with Gasteiger partial charge in [-0.15, -0.1) is 0 Å². The maximum atomic E-state index is 10.9. The van der Waals surface area contributed by atoms with E-state index in [4.69, 9.17) is 0 Å². The first-order valence-corrected chi connectivity index (χ1v) is 9.81. The summed E-state index contributed by atoms with van der Waals surface area (Å²) in [5, 5.41) is 0. The van der Waals surface area contributed by atoms with Crippen molar-refractivity contribution < 1.29 is 13.0 Å². The van der Waals surface area contributed by atoms with Crippen LogP contribution in [0.3, 0.4) is 0 Å². The molecule has 0 aromatic heterocycles. The van der Waals surface area contributed by atoms with E-state index in [1.807, 2.05) is 0 Å². The quantitative estimate of drug-likeness (QED) is 0.445. The largest absolute Gasteiger partial charge is 0.744 e. The normalized spacial score (nSPS) is 14.7. The molecule has 0 amide bonds. The van der Waals surface area contributed by atoms with E-state index in [1.165, 1.54) is 50.7 Å². The summed E-state index contributed by atoms with van der Waals surface area (Å²) >= 11 is 0. The average Bonchev–Trinajstić information content (AvgIpc) is 2.46. The van der Waals surface area contributed by atoms with Crippen LogP contribution < -0.4 is 0 Å². The summed E-state index contributed by atoms with van der Waals surface area (Å²) in [6.07, 6.45) is 8.91. The standard InChI is InChI=1S/C18H30O3S/c1-4-5-6-7-8-9-15(2)14-16(3)17-10-12-18(13-11-17)22(19,20)21/h10-13,15-16H,4-9,14H2,1-3H3,(H,19,20,21)/p-1. The Hall–Kier alpha value is -0.870. The van der Waals surface area contributed by atoms with Crippen molar-refractivity contribution in [2.24, 2.45) is 5.92 Å². The van der Waals surface area contributed by atoms with Gasteiger partial charge in [0.05, 0.1) is 4.90 Å². The fraction of sp³-hybridized carbons (Fsp3) is 0.667. The Morgan fingerprint density at radius 1 is 1.00 bits per heavy atom. The topological polar surface area (TPSA) is 57.2 Å². The van der Waals surface area contributed by atoms with Crippen LogP contribution in [-0.4, -0.2) is 13.0 Å². The van der Waals surface area contributed by atoms with Gasteiger partial charge in [0.1, 0.15) is 10.1 Å². The highest BCUT2D eigenvalue weighted by Gasteiger charge is 2.11. The Bertz CT molecular complexity index is 520. The first kappa shape index (κ1) is 19.2. The lowest BCUT2D eigenvalue weighted by Crippen LogP contribution is -2.04. The summed E-state index contributed by atoms with van der Waals surface area (Å²) in [5.41, 5.74) is 1.10. The van der Waals surface area contributed by atoms with Gasteiger partial charge in [-0.05, 0) is 36.0 Å². The second kappa shape index (κ2) is 9.31. The van der Waals surface area contributed by atoms with Crippen molar-refractivity contribution in [2.45, 2.75) is 76.5 Å². The van der Waals surface area contributed by atoms with Crippen molar-refractivity contribution in [1.82, 2.24) is 0 Å². The van der Waals surface area contributed by atoms with E-state index in [0.717, 1.165) is 12.0 Å². The molecule has 1 rings (SSSR count). The molecule has 3 nitrogen and oxygen atoms in total. The van der Waals surface area contributed by atoms with E-state index in [2.05, 4.69) is 20.8 Å². The Labute approximate surface area is 135 Å². The van der Waals surface area contributed by atoms with Gasteiger partial charge in [-0.25, -0.2) is 8.42 Å². The monoisotopic (exact) mass is 325 g/mol. The third-order valence-electron chi connectivity index (χ3n) is 4.29. The highest BCUT2D eigenvalue weighted by atomic mass is 32.2. The number of hydrogen-bond acceptors (Lipinski definition) is 3. The van der Waals surface area contributed by atoms with Crippen LogP contribution in [-0.2, 0) is 10.1 Å². The van der Waals surface area contributed by atoms with E-state index in [0.29, 0.717) is 11.8 Å². The lowest BCUT2D eigenvalue weighted by Gasteiger charge is -2.18. The molecular formula is C18H29O3S-. The van der Waals surface area contributed by atoms with E-state index in [9.17, 15) is 13.0 Å². The van der Waals surface area contributed by atoms with Gasteiger partial charge in [-0.3, -0.25) is 0 Å². The van der Waals surface area contributed by atoms with Crippen LogP contribution in [0.25, 0.3) is 0 Å². The second-order valence-electron chi connectivity index (χ2n) is 6.47. The molecule has 0 N–H and O–H groups in total. The minimum atomic E-state index is -4.34.